The standard InChI is InChI=1S/C17H22N6/c1-4-15(18)20-17-12(2)16(13-10-19-22(3)11-13)21-23(17)14-8-6-5-7-9-14/h4-9,11,19-20H,10,18H2,1-3H3/b15-4+. The van der Waals surface area contributed by atoms with Crippen molar-refractivity contribution in [1.82, 2.24) is 20.2 Å². The largest absolute Gasteiger partial charge is 0.385 e. The molecule has 3 rings (SSSR count). The summed E-state index contributed by atoms with van der Waals surface area (Å²) in [6.45, 7) is 4.73. The third kappa shape index (κ3) is 2.93. The Hall–Kier alpha value is -2.73. The average Bonchev–Trinajstić information content (AvgIpc) is 3.13. The van der Waals surface area contributed by atoms with Crippen LogP contribution >= 0.6 is 0 Å². The average molecular weight is 310 g/mol. The van der Waals surface area contributed by atoms with Crippen LogP contribution in [-0.4, -0.2) is 28.4 Å². The minimum absolute atomic E-state index is 0.604. The van der Waals surface area contributed by atoms with Crippen LogP contribution in [0.5, 0.6) is 0 Å². The van der Waals surface area contributed by atoms with E-state index in [1.165, 1.54) is 0 Å². The van der Waals surface area contributed by atoms with E-state index in [-0.39, 0.29) is 0 Å². The molecule has 120 valence electrons. The van der Waals surface area contributed by atoms with Crippen LogP contribution in [0.1, 0.15) is 18.2 Å². The van der Waals surface area contributed by atoms with E-state index in [9.17, 15) is 0 Å². The molecule has 0 aliphatic carbocycles. The molecule has 6 heteroatoms. The summed E-state index contributed by atoms with van der Waals surface area (Å²) < 4.78 is 1.90. The van der Waals surface area contributed by atoms with Crippen molar-refractivity contribution in [2.75, 3.05) is 18.9 Å². The van der Waals surface area contributed by atoms with Gasteiger partial charge in [-0.25, -0.2) is 10.1 Å². The van der Waals surface area contributed by atoms with Crippen LogP contribution in [0.3, 0.4) is 0 Å². The maximum Gasteiger partial charge on any atom is 0.138 e. The van der Waals surface area contributed by atoms with Gasteiger partial charge in [0.15, 0.2) is 0 Å². The van der Waals surface area contributed by atoms with Crippen LogP contribution in [0.2, 0.25) is 0 Å². The van der Waals surface area contributed by atoms with Gasteiger partial charge >= 0.3 is 0 Å². The van der Waals surface area contributed by atoms with E-state index >= 15 is 0 Å². The van der Waals surface area contributed by atoms with Crippen molar-refractivity contribution in [1.29, 1.82) is 0 Å². The van der Waals surface area contributed by atoms with Crippen LogP contribution in [0.4, 0.5) is 5.82 Å². The number of rotatable bonds is 4. The van der Waals surface area contributed by atoms with Crippen molar-refractivity contribution in [3.8, 4) is 5.69 Å². The fourth-order valence-corrected chi connectivity index (χ4v) is 2.59. The zero-order valence-corrected chi connectivity index (χ0v) is 13.7. The first kappa shape index (κ1) is 15.2. The molecule has 23 heavy (non-hydrogen) atoms. The Kier molecular flexibility index (Phi) is 4.08. The molecule has 1 aromatic carbocycles. The van der Waals surface area contributed by atoms with E-state index in [4.69, 9.17) is 10.8 Å². The fourth-order valence-electron chi connectivity index (χ4n) is 2.59. The lowest BCUT2D eigenvalue weighted by Gasteiger charge is -2.10. The summed E-state index contributed by atoms with van der Waals surface area (Å²) in [7, 11) is 1.98. The molecule has 0 amide bonds. The highest BCUT2D eigenvalue weighted by Gasteiger charge is 2.21. The number of nitrogens with one attached hydrogen (secondary N) is 2. The Bertz CT molecular complexity index is 757. The number of allylic oxidation sites excluding steroid dienone is 1. The molecule has 0 unspecified atom stereocenters. The number of hydrogen-bond acceptors (Lipinski definition) is 5. The van der Waals surface area contributed by atoms with Gasteiger partial charge in [0.25, 0.3) is 0 Å². The first-order valence-corrected chi connectivity index (χ1v) is 7.61. The highest BCUT2D eigenvalue weighted by Crippen LogP contribution is 2.29. The predicted octanol–water partition coefficient (Wildman–Crippen LogP) is 2.20. The van der Waals surface area contributed by atoms with E-state index in [1.54, 1.807) is 0 Å². The normalized spacial score (nSPS) is 15.0. The molecule has 0 bridgehead atoms. The van der Waals surface area contributed by atoms with E-state index in [0.717, 1.165) is 34.9 Å². The molecule has 0 spiro atoms. The maximum absolute atomic E-state index is 5.98. The Balaban J connectivity index is 2.12. The predicted molar refractivity (Wildman–Crippen MR) is 93.6 cm³/mol. The van der Waals surface area contributed by atoms with Crippen LogP contribution in [0, 0.1) is 6.92 Å². The zero-order chi connectivity index (χ0) is 16.4. The summed E-state index contributed by atoms with van der Waals surface area (Å²) in [5, 5.41) is 10.0. The SMILES string of the molecule is C/C=C(\N)Nc1c(C)c(C2=CN(C)NC2)nn1-c1ccccc1. The zero-order valence-electron chi connectivity index (χ0n) is 13.7. The van der Waals surface area contributed by atoms with Crippen molar-refractivity contribution < 1.29 is 0 Å². The third-order valence-electron chi connectivity index (χ3n) is 3.87. The van der Waals surface area contributed by atoms with Gasteiger partial charge < -0.3 is 16.1 Å². The van der Waals surface area contributed by atoms with Crippen molar-refractivity contribution in [2.24, 2.45) is 5.73 Å². The summed E-state index contributed by atoms with van der Waals surface area (Å²) in [4.78, 5) is 0. The minimum atomic E-state index is 0.604. The third-order valence-corrected chi connectivity index (χ3v) is 3.87. The van der Waals surface area contributed by atoms with Crippen molar-refractivity contribution in [3.63, 3.8) is 0 Å². The monoisotopic (exact) mass is 310 g/mol. The second-order valence-electron chi connectivity index (χ2n) is 5.54. The lowest BCUT2D eigenvalue weighted by molar-refractivity contribution is 0.374. The molecule has 1 aliphatic heterocycles. The second-order valence-corrected chi connectivity index (χ2v) is 5.54. The second kappa shape index (κ2) is 6.18. The van der Waals surface area contributed by atoms with Gasteiger partial charge in [0.1, 0.15) is 5.82 Å². The van der Waals surface area contributed by atoms with E-state index in [2.05, 4.69) is 23.9 Å². The van der Waals surface area contributed by atoms with Crippen LogP contribution in [0.15, 0.2) is 48.4 Å². The number of hydrazine groups is 1. The Morgan fingerprint density at radius 1 is 1.35 bits per heavy atom. The fraction of sp³-hybridized carbons (Fsp3) is 0.235. The van der Waals surface area contributed by atoms with Crippen LogP contribution in [0.25, 0.3) is 11.3 Å². The van der Waals surface area contributed by atoms with Gasteiger partial charge in [-0.3, -0.25) is 0 Å². The van der Waals surface area contributed by atoms with Crippen molar-refractivity contribution in [2.45, 2.75) is 13.8 Å². The van der Waals surface area contributed by atoms with E-state index in [1.807, 2.05) is 60.1 Å². The molecule has 0 fully saturated rings. The molecule has 6 nitrogen and oxygen atoms in total. The molecule has 0 atom stereocenters. The number of hydrogen-bond donors (Lipinski definition) is 3. The van der Waals surface area contributed by atoms with Crippen molar-refractivity contribution >= 4 is 11.4 Å². The smallest absolute Gasteiger partial charge is 0.138 e. The molecular weight excluding hydrogens is 288 g/mol. The molecule has 0 radical (unpaired) electrons. The van der Waals surface area contributed by atoms with E-state index < -0.39 is 0 Å². The summed E-state index contributed by atoms with van der Waals surface area (Å²) in [5.41, 5.74) is 13.4. The Morgan fingerprint density at radius 2 is 2.09 bits per heavy atom. The minimum Gasteiger partial charge on any atom is -0.385 e. The Morgan fingerprint density at radius 3 is 2.70 bits per heavy atom. The van der Waals surface area contributed by atoms with E-state index in [0.29, 0.717) is 5.82 Å². The molecular formula is C17H22N6. The number of aromatic nitrogens is 2. The van der Waals surface area contributed by atoms with Crippen LogP contribution < -0.4 is 16.5 Å². The molecule has 0 saturated heterocycles. The van der Waals surface area contributed by atoms with Gasteiger partial charge in [0.2, 0.25) is 0 Å². The van der Waals surface area contributed by atoms with Gasteiger partial charge in [-0.15, -0.1) is 0 Å². The van der Waals surface area contributed by atoms with Gasteiger partial charge in [-0.2, -0.15) is 5.10 Å². The lowest BCUT2D eigenvalue weighted by Crippen LogP contribution is -2.23. The van der Waals surface area contributed by atoms with Crippen molar-refractivity contribution in [3.05, 3.63) is 59.7 Å². The molecule has 4 N–H and O–H groups in total. The summed E-state index contributed by atoms with van der Waals surface area (Å²) in [6, 6.07) is 10.0. The highest BCUT2D eigenvalue weighted by atomic mass is 15.5. The maximum atomic E-state index is 5.98. The quantitative estimate of drug-likeness (QED) is 0.807. The molecule has 2 aromatic rings. The number of nitrogens with two attached hydrogens (primary N) is 1. The van der Waals surface area contributed by atoms with Gasteiger partial charge in [0.05, 0.1) is 17.2 Å². The topological polar surface area (TPSA) is 71.1 Å². The summed E-state index contributed by atoms with van der Waals surface area (Å²) in [6.07, 6.45) is 3.90. The highest BCUT2D eigenvalue weighted by molar-refractivity contribution is 5.72. The molecule has 0 saturated carbocycles. The first-order chi connectivity index (χ1) is 11.1. The number of nitrogens with zero attached hydrogens (tertiary/aromatic N) is 3. The first-order valence-electron chi connectivity index (χ1n) is 7.61. The molecule has 1 aliphatic rings. The summed E-state index contributed by atoms with van der Waals surface area (Å²) >= 11 is 0. The Labute approximate surface area is 136 Å². The lowest BCUT2D eigenvalue weighted by atomic mass is 10.1. The number of para-hydroxylation sites is 1. The van der Waals surface area contributed by atoms with Crippen LogP contribution in [-0.2, 0) is 0 Å². The molecule has 1 aromatic heterocycles. The number of benzene rings is 1. The van der Waals surface area contributed by atoms with Gasteiger partial charge in [-0.1, -0.05) is 18.2 Å². The molecule has 2 heterocycles. The van der Waals surface area contributed by atoms with Gasteiger partial charge in [0, 0.05) is 30.9 Å². The summed E-state index contributed by atoms with van der Waals surface area (Å²) in [5.74, 6) is 1.49. The van der Waals surface area contributed by atoms with Gasteiger partial charge in [-0.05, 0) is 32.1 Å². The number of anilines is 1.